The van der Waals surface area contributed by atoms with Crippen molar-refractivity contribution in [3.8, 4) is 0 Å². The van der Waals surface area contributed by atoms with Gasteiger partial charge in [-0.3, -0.25) is 9.93 Å². The van der Waals surface area contributed by atoms with E-state index in [1.165, 1.54) is 11.8 Å². The molecule has 2 aromatic carbocycles. The lowest BCUT2D eigenvalue weighted by Crippen LogP contribution is -2.21. The quantitative estimate of drug-likeness (QED) is 0.367. The van der Waals surface area contributed by atoms with Crippen LogP contribution in [0.5, 0.6) is 0 Å². The first-order valence-electron chi connectivity index (χ1n) is 6.99. The van der Waals surface area contributed by atoms with E-state index in [-0.39, 0.29) is 11.4 Å². The molecule has 0 aliphatic carbocycles. The molecule has 5 N–H and O–H groups in total. The van der Waals surface area contributed by atoms with Gasteiger partial charge in [0.2, 0.25) is 0 Å². The zero-order valence-electron chi connectivity index (χ0n) is 13.0. The molecule has 4 nitrogen and oxygen atoms in total. The third kappa shape index (κ3) is 5.60. The molecule has 0 aliphatic heterocycles. The van der Waals surface area contributed by atoms with Crippen LogP contribution in [0.3, 0.4) is 0 Å². The highest BCUT2D eigenvalue weighted by Crippen LogP contribution is 2.34. The van der Waals surface area contributed by atoms with Crippen molar-refractivity contribution in [3.05, 3.63) is 69.1 Å². The minimum absolute atomic E-state index is 0.141. The molecule has 0 saturated heterocycles. The van der Waals surface area contributed by atoms with Crippen molar-refractivity contribution in [2.75, 3.05) is 5.32 Å². The molecular weight excluding hydrogens is 407 g/mol. The Labute approximate surface area is 161 Å². The first-order chi connectivity index (χ1) is 12.2. The first kappa shape index (κ1) is 20.5. The number of alkyl halides is 3. The summed E-state index contributed by atoms with van der Waals surface area (Å²) in [5.41, 5.74) is 5.07. The molecule has 26 heavy (non-hydrogen) atoms. The molecule has 0 atom stereocenters. The number of benzene rings is 2. The highest BCUT2D eigenvalue weighted by molar-refractivity contribution is 8.21. The number of nitrogens with one attached hydrogen (secondary N) is 1. The molecule has 0 radical (unpaired) electrons. The van der Waals surface area contributed by atoms with Gasteiger partial charge < -0.3 is 11.1 Å². The average molecular weight is 420 g/mol. The van der Waals surface area contributed by atoms with Crippen molar-refractivity contribution in [2.45, 2.75) is 11.1 Å². The van der Waals surface area contributed by atoms with Crippen molar-refractivity contribution >= 4 is 46.9 Å². The third-order valence-electron chi connectivity index (χ3n) is 3.07. The van der Waals surface area contributed by atoms with Crippen LogP contribution in [0, 0.1) is 0 Å². The van der Waals surface area contributed by atoms with Gasteiger partial charge in [0, 0.05) is 15.6 Å². The highest BCUT2D eigenvalue weighted by Gasteiger charge is 2.30. The summed E-state index contributed by atoms with van der Waals surface area (Å²) in [6.45, 7) is 0. The summed E-state index contributed by atoms with van der Waals surface area (Å²) in [6.07, 6.45) is -4.44. The van der Waals surface area contributed by atoms with Gasteiger partial charge in [0.25, 0.3) is 5.91 Å². The summed E-state index contributed by atoms with van der Waals surface area (Å²) < 4.78 is 38.0. The largest absolute Gasteiger partial charge is 0.416 e. The van der Waals surface area contributed by atoms with Crippen LogP contribution in [0.25, 0.3) is 0 Å². The summed E-state index contributed by atoms with van der Waals surface area (Å²) in [6, 6.07) is 10.9. The number of carbonyl (C=O) groups is 1. The molecule has 0 heterocycles. The lowest BCUT2D eigenvalue weighted by Gasteiger charge is -2.11. The van der Waals surface area contributed by atoms with Gasteiger partial charge in [-0.15, -0.1) is 0 Å². The molecule has 0 unspecified atom stereocenters. The maximum atomic E-state index is 12.6. The normalized spacial score (nSPS) is 12.5. The number of carbonyl (C=O) groups excluding carboxylic acids is 1. The SMILES string of the molecule is NS/C(Sc1ccc(Cl)cc1)=C(\N)C(=O)Nc1ccc(C(F)(F)F)cc1. The summed E-state index contributed by atoms with van der Waals surface area (Å²) in [5, 5.41) is 8.58. The van der Waals surface area contributed by atoms with E-state index in [0.29, 0.717) is 9.26 Å². The Morgan fingerprint density at radius 2 is 1.62 bits per heavy atom. The van der Waals surface area contributed by atoms with Gasteiger partial charge in [0.05, 0.1) is 9.80 Å². The minimum atomic E-state index is -4.44. The predicted molar refractivity (Wildman–Crippen MR) is 100 cm³/mol. The Kier molecular flexibility index (Phi) is 6.87. The number of rotatable bonds is 5. The Balaban J connectivity index is 2.12. The zero-order valence-corrected chi connectivity index (χ0v) is 15.4. The van der Waals surface area contributed by atoms with Crippen LogP contribution >= 0.6 is 35.3 Å². The van der Waals surface area contributed by atoms with Crippen LogP contribution in [-0.4, -0.2) is 5.91 Å². The van der Waals surface area contributed by atoms with Gasteiger partial charge in [-0.1, -0.05) is 23.4 Å². The molecule has 1 amide bonds. The molecule has 0 saturated carbocycles. The molecule has 2 rings (SSSR count). The van der Waals surface area contributed by atoms with Crippen LogP contribution in [0.4, 0.5) is 18.9 Å². The third-order valence-corrected chi connectivity index (χ3v) is 5.20. The van der Waals surface area contributed by atoms with Gasteiger partial charge in [-0.2, -0.15) is 13.2 Å². The molecule has 0 spiro atoms. The number of hydrogen-bond donors (Lipinski definition) is 3. The lowest BCUT2D eigenvalue weighted by atomic mass is 10.2. The topological polar surface area (TPSA) is 81.1 Å². The molecular formula is C16H13ClF3N3OS2. The second kappa shape index (κ2) is 8.72. The first-order valence-corrected chi connectivity index (χ1v) is 9.06. The van der Waals surface area contributed by atoms with Gasteiger partial charge >= 0.3 is 6.18 Å². The fourth-order valence-corrected chi connectivity index (χ4v) is 3.30. The van der Waals surface area contributed by atoms with Gasteiger partial charge in [0.15, 0.2) is 0 Å². The Morgan fingerprint density at radius 1 is 1.04 bits per heavy atom. The summed E-state index contributed by atoms with van der Waals surface area (Å²) >= 11 is 7.79. The Hall–Kier alpha value is -1.81. The van der Waals surface area contributed by atoms with E-state index in [0.717, 1.165) is 41.1 Å². The van der Waals surface area contributed by atoms with E-state index < -0.39 is 17.6 Å². The Morgan fingerprint density at radius 3 is 2.12 bits per heavy atom. The minimum Gasteiger partial charge on any atom is -0.393 e. The van der Waals surface area contributed by atoms with E-state index in [4.69, 9.17) is 22.5 Å². The predicted octanol–water partition coefficient (Wildman–Crippen LogP) is 4.82. The van der Waals surface area contributed by atoms with E-state index in [2.05, 4.69) is 5.32 Å². The number of amides is 1. The molecule has 2 aromatic rings. The monoisotopic (exact) mass is 419 g/mol. The number of thioether (sulfide) groups is 1. The maximum absolute atomic E-state index is 12.6. The lowest BCUT2D eigenvalue weighted by molar-refractivity contribution is -0.137. The van der Waals surface area contributed by atoms with Crippen LogP contribution in [0.15, 0.2) is 63.4 Å². The number of nitrogens with two attached hydrogens (primary N) is 2. The average Bonchev–Trinajstić information content (AvgIpc) is 2.60. The van der Waals surface area contributed by atoms with E-state index in [9.17, 15) is 18.0 Å². The van der Waals surface area contributed by atoms with E-state index >= 15 is 0 Å². The number of hydrogen-bond acceptors (Lipinski definition) is 5. The van der Waals surface area contributed by atoms with E-state index in [1.54, 1.807) is 24.3 Å². The van der Waals surface area contributed by atoms with Gasteiger partial charge in [0.1, 0.15) is 5.70 Å². The van der Waals surface area contributed by atoms with Crippen LogP contribution in [0.2, 0.25) is 5.02 Å². The van der Waals surface area contributed by atoms with Gasteiger partial charge in [-0.05, 0) is 60.5 Å². The Bertz CT molecular complexity index is 809. The zero-order chi connectivity index (χ0) is 19.3. The van der Waals surface area contributed by atoms with Crippen molar-refractivity contribution < 1.29 is 18.0 Å². The summed E-state index contributed by atoms with van der Waals surface area (Å²) in [4.78, 5) is 13.0. The number of anilines is 1. The molecule has 0 aliphatic rings. The van der Waals surface area contributed by atoms with Crippen molar-refractivity contribution in [1.29, 1.82) is 0 Å². The summed E-state index contributed by atoms with van der Waals surface area (Å²) in [7, 11) is 0. The van der Waals surface area contributed by atoms with Gasteiger partial charge in [-0.25, -0.2) is 0 Å². The second-order valence-electron chi connectivity index (χ2n) is 4.90. The van der Waals surface area contributed by atoms with Crippen molar-refractivity contribution in [3.63, 3.8) is 0 Å². The standard InChI is InChI=1S/C16H13ClF3N3OS2/c17-10-3-7-12(8-4-10)25-15(26-22)13(21)14(24)23-11-5-1-9(2-6-11)16(18,19)20/h1-8H,21-22H2,(H,23,24)/b15-13-. The van der Waals surface area contributed by atoms with E-state index in [1.807, 2.05) is 0 Å². The molecule has 0 fully saturated rings. The number of halogens is 4. The summed E-state index contributed by atoms with van der Waals surface area (Å²) in [5.74, 6) is -0.667. The van der Waals surface area contributed by atoms with Crippen LogP contribution in [0.1, 0.15) is 5.56 Å². The smallest absolute Gasteiger partial charge is 0.393 e. The van der Waals surface area contributed by atoms with Crippen molar-refractivity contribution in [2.24, 2.45) is 10.9 Å². The van der Waals surface area contributed by atoms with Crippen LogP contribution < -0.4 is 16.2 Å². The molecule has 138 valence electrons. The highest BCUT2D eigenvalue weighted by atomic mass is 35.5. The molecule has 10 heteroatoms. The van der Waals surface area contributed by atoms with Crippen LogP contribution in [-0.2, 0) is 11.0 Å². The molecule has 0 aromatic heterocycles. The fourth-order valence-electron chi connectivity index (χ4n) is 1.79. The molecule has 0 bridgehead atoms. The van der Waals surface area contributed by atoms with Crippen molar-refractivity contribution in [1.82, 2.24) is 0 Å². The fraction of sp³-hybridized carbons (Fsp3) is 0.0625. The second-order valence-corrected chi connectivity index (χ2v) is 7.33. The maximum Gasteiger partial charge on any atom is 0.416 e.